The molecule has 1 aliphatic rings. The number of aromatic nitrogens is 1. The van der Waals surface area contributed by atoms with Gasteiger partial charge in [-0.25, -0.2) is 0 Å². The molecule has 1 unspecified atom stereocenters. The zero-order chi connectivity index (χ0) is 11.3. The number of hydrogen-bond donors (Lipinski definition) is 1. The molecule has 0 aliphatic heterocycles. The monoisotopic (exact) mass is 278 g/mol. The summed E-state index contributed by atoms with van der Waals surface area (Å²) in [6, 6.07) is 7.17. The van der Waals surface area contributed by atoms with Gasteiger partial charge in [-0.2, -0.15) is 0 Å². The Kier molecular flexibility index (Phi) is 2.33. The van der Waals surface area contributed by atoms with Gasteiger partial charge in [0.25, 0.3) is 0 Å². The largest absolute Gasteiger partial charge is 0.347 e. The van der Waals surface area contributed by atoms with E-state index in [1.165, 1.54) is 26.6 Å². The van der Waals surface area contributed by atoms with E-state index in [1.807, 2.05) is 0 Å². The van der Waals surface area contributed by atoms with Crippen molar-refractivity contribution in [3.63, 3.8) is 0 Å². The van der Waals surface area contributed by atoms with Gasteiger partial charge in [0.15, 0.2) is 0 Å². The molecule has 0 amide bonds. The van der Waals surface area contributed by atoms with Crippen molar-refractivity contribution in [3.8, 4) is 0 Å². The van der Waals surface area contributed by atoms with Crippen LogP contribution in [0.4, 0.5) is 0 Å². The summed E-state index contributed by atoms with van der Waals surface area (Å²) in [5.74, 6) is 0. The summed E-state index contributed by atoms with van der Waals surface area (Å²) in [6.07, 6.45) is 2.30. The number of benzene rings is 1. The molecule has 1 aromatic carbocycles. The highest BCUT2D eigenvalue weighted by molar-refractivity contribution is 9.10. The molecule has 84 valence electrons. The molecule has 1 heterocycles. The SMILES string of the molecule is CNC1Cc2c(n(C)c3ccc(Br)cc23)C1. The molecule has 2 aromatic rings. The van der Waals surface area contributed by atoms with E-state index in [-0.39, 0.29) is 0 Å². The summed E-state index contributed by atoms with van der Waals surface area (Å²) in [4.78, 5) is 0. The standard InChI is InChI=1S/C13H15BrN2/c1-15-9-6-11-10-5-8(14)3-4-12(10)16(2)13(11)7-9/h3-5,9,15H,6-7H2,1-2H3. The second-order valence-corrected chi connectivity index (χ2v) is 5.46. The molecule has 1 aromatic heterocycles. The first-order valence-corrected chi connectivity index (χ1v) is 6.43. The number of likely N-dealkylation sites (N-methyl/N-ethyl adjacent to an activating group) is 1. The van der Waals surface area contributed by atoms with E-state index in [4.69, 9.17) is 0 Å². The van der Waals surface area contributed by atoms with Crippen molar-refractivity contribution in [1.29, 1.82) is 0 Å². The van der Waals surface area contributed by atoms with E-state index in [2.05, 4.69) is 58.1 Å². The summed E-state index contributed by atoms with van der Waals surface area (Å²) in [5, 5.41) is 4.79. The summed E-state index contributed by atoms with van der Waals surface area (Å²) < 4.78 is 3.51. The van der Waals surface area contributed by atoms with Gasteiger partial charge in [0, 0.05) is 40.6 Å². The second kappa shape index (κ2) is 3.60. The van der Waals surface area contributed by atoms with Gasteiger partial charge < -0.3 is 9.88 Å². The third-order valence-corrected chi connectivity index (χ3v) is 4.19. The van der Waals surface area contributed by atoms with Gasteiger partial charge >= 0.3 is 0 Å². The minimum atomic E-state index is 0.611. The number of hydrogen-bond acceptors (Lipinski definition) is 1. The lowest BCUT2D eigenvalue weighted by atomic mass is 10.1. The van der Waals surface area contributed by atoms with E-state index in [1.54, 1.807) is 0 Å². The van der Waals surface area contributed by atoms with Crippen LogP contribution in [0.15, 0.2) is 22.7 Å². The molecule has 0 bridgehead atoms. The molecule has 0 saturated heterocycles. The number of nitrogens with one attached hydrogen (secondary N) is 1. The molecule has 1 aliphatic carbocycles. The molecule has 1 N–H and O–H groups in total. The van der Waals surface area contributed by atoms with Crippen LogP contribution in [-0.2, 0) is 19.9 Å². The number of nitrogens with zero attached hydrogens (tertiary/aromatic N) is 1. The average molecular weight is 279 g/mol. The van der Waals surface area contributed by atoms with Crippen LogP contribution in [-0.4, -0.2) is 17.7 Å². The van der Waals surface area contributed by atoms with Crippen molar-refractivity contribution < 1.29 is 0 Å². The Morgan fingerprint density at radius 2 is 2.19 bits per heavy atom. The quantitative estimate of drug-likeness (QED) is 0.849. The van der Waals surface area contributed by atoms with Crippen LogP contribution in [0, 0.1) is 0 Å². The van der Waals surface area contributed by atoms with Gasteiger partial charge in [-0.1, -0.05) is 15.9 Å². The maximum absolute atomic E-state index is 3.56. The molecule has 16 heavy (non-hydrogen) atoms. The van der Waals surface area contributed by atoms with E-state index in [0.29, 0.717) is 6.04 Å². The van der Waals surface area contributed by atoms with Crippen molar-refractivity contribution in [1.82, 2.24) is 9.88 Å². The van der Waals surface area contributed by atoms with Crippen molar-refractivity contribution >= 4 is 26.8 Å². The van der Waals surface area contributed by atoms with Crippen molar-refractivity contribution in [2.45, 2.75) is 18.9 Å². The van der Waals surface area contributed by atoms with Crippen molar-refractivity contribution in [3.05, 3.63) is 33.9 Å². The van der Waals surface area contributed by atoms with Gasteiger partial charge in [0.1, 0.15) is 0 Å². The molecule has 1 atom stereocenters. The molecular weight excluding hydrogens is 264 g/mol. The third-order valence-electron chi connectivity index (χ3n) is 3.70. The fourth-order valence-electron chi connectivity index (χ4n) is 2.79. The maximum Gasteiger partial charge on any atom is 0.0483 e. The molecule has 0 radical (unpaired) electrons. The Balaban J connectivity index is 2.24. The predicted octanol–water partition coefficient (Wildman–Crippen LogP) is 2.63. The van der Waals surface area contributed by atoms with Crippen LogP contribution < -0.4 is 5.32 Å². The minimum Gasteiger partial charge on any atom is -0.347 e. The third kappa shape index (κ3) is 1.35. The average Bonchev–Trinajstić information content (AvgIpc) is 2.80. The van der Waals surface area contributed by atoms with Crippen LogP contribution in [0.1, 0.15) is 11.3 Å². The predicted molar refractivity (Wildman–Crippen MR) is 70.9 cm³/mol. The molecular formula is C13H15BrN2. The number of halogens is 1. The highest BCUT2D eigenvalue weighted by atomic mass is 79.9. The molecule has 2 nitrogen and oxygen atoms in total. The first-order chi connectivity index (χ1) is 7.70. The number of fused-ring (bicyclic) bond motifs is 3. The van der Waals surface area contributed by atoms with Crippen molar-refractivity contribution in [2.75, 3.05) is 7.05 Å². The van der Waals surface area contributed by atoms with Crippen LogP contribution in [0.3, 0.4) is 0 Å². The molecule has 3 rings (SSSR count). The molecule has 3 heteroatoms. The summed E-state index contributed by atoms with van der Waals surface area (Å²) in [6.45, 7) is 0. The fourth-order valence-corrected chi connectivity index (χ4v) is 3.15. The maximum atomic E-state index is 3.56. The number of aryl methyl sites for hydroxylation is 1. The normalized spacial score (nSPS) is 19.3. The first-order valence-electron chi connectivity index (χ1n) is 5.63. The summed E-state index contributed by atoms with van der Waals surface area (Å²) >= 11 is 3.56. The molecule has 0 saturated carbocycles. The summed E-state index contributed by atoms with van der Waals surface area (Å²) in [7, 11) is 4.22. The highest BCUT2D eigenvalue weighted by Crippen LogP contribution is 2.33. The van der Waals surface area contributed by atoms with Gasteiger partial charge in [-0.3, -0.25) is 0 Å². The van der Waals surface area contributed by atoms with Crippen molar-refractivity contribution in [2.24, 2.45) is 7.05 Å². The van der Waals surface area contributed by atoms with E-state index < -0.39 is 0 Å². The zero-order valence-corrected chi connectivity index (χ0v) is 11.1. The Bertz CT molecular complexity index is 557. The topological polar surface area (TPSA) is 17.0 Å². The van der Waals surface area contributed by atoms with Gasteiger partial charge in [0.2, 0.25) is 0 Å². The first kappa shape index (κ1) is 10.4. The molecule has 0 spiro atoms. The highest BCUT2D eigenvalue weighted by Gasteiger charge is 2.26. The van der Waals surface area contributed by atoms with Crippen LogP contribution >= 0.6 is 15.9 Å². The molecule has 0 fully saturated rings. The smallest absolute Gasteiger partial charge is 0.0483 e. The summed E-state index contributed by atoms with van der Waals surface area (Å²) in [5.41, 5.74) is 4.37. The lowest BCUT2D eigenvalue weighted by Gasteiger charge is -2.08. The van der Waals surface area contributed by atoms with E-state index in [0.717, 1.165) is 12.8 Å². The number of rotatable bonds is 1. The Labute approximate surface area is 104 Å². The fraction of sp³-hybridized carbons (Fsp3) is 0.385. The Morgan fingerprint density at radius 3 is 2.94 bits per heavy atom. The lowest BCUT2D eigenvalue weighted by Crippen LogP contribution is -2.25. The minimum absolute atomic E-state index is 0.611. The van der Waals surface area contributed by atoms with Gasteiger partial charge in [0.05, 0.1) is 0 Å². The van der Waals surface area contributed by atoms with Crippen LogP contribution in [0.25, 0.3) is 10.9 Å². The van der Waals surface area contributed by atoms with E-state index >= 15 is 0 Å². The lowest BCUT2D eigenvalue weighted by molar-refractivity contribution is 0.585. The Morgan fingerprint density at radius 1 is 1.38 bits per heavy atom. The Hall–Kier alpha value is -0.800. The zero-order valence-electron chi connectivity index (χ0n) is 9.55. The van der Waals surface area contributed by atoms with E-state index in [9.17, 15) is 0 Å². The van der Waals surface area contributed by atoms with Gasteiger partial charge in [-0.05, 0) is 37.2 Å². The van der Waals surface area contributed by atoms with Crippen LogP contribution in [0.5, 0.6) is 0 Å². The van der Waals surface area contributed by atoms with Crippen LogP contribution in [0.2, 0.25) is 0 Å². The second-order valence-electron chi connectivity index (χ2n) is 4.54. The van der Waals surface area contributed by atoms with Gasteiger partial charge in [-0.15, -0.1) is 0 Å².